The summed E-state index contributed by atoms with van der Waals surface area (Å²) in [5.74, 6) is -0.963. The van der Waals surface area contributed by atoms with Crippen molar-refractivity contribution in [2.45, 2.75) is 32.8 Å². The van der Waals surface area contributed by atoms with Crippen LogP contribution in [0.2, 0.25) is 0 Å². The largest absolute Gasteiger partial charge is 0.463 e. The zero-order valence-corrected chi connectivity index (χ0v) is 12.6. The van der Waals surface area contributed by atoms with Crippen LogP contribution in [0, 0.1) is 6.92 Å². The Labute approximate surface area is 128 Å². The third-order valence-electron chi connectivity index (χ3n) is 3.91. The molecule has 1 fully saturated rings. The lowest BCUT2D eigenvalue weighted by molar-refractivity contribution is -0.145. The number of cyclic esters (lactones) is 1. The predicted octanol–water partition coefficient (Wildman–Crippen LogP) is 2.58. The topological polar surface area (TPSA) is 65.5 Å². The number of para-hydroxylation sites is 1. The fourth-order valence-corrected chi connectivity index (χ4v) is 2.74. The standard InChI is InChI=1S/C17H17NO4/c1-3-12-10(2)15(11-6-4-5-7-13(11)18-12)17(20)22-14-8-9-21-16(14)19/h4-7,14H,3,8-9H2,1-2H3/t14-/m0/s1. The Morgan fingerprint density at radius 1 is 1.41 bits per heavy atom. The van der Waals surface area contributed by atoms with Crippen molar-refractivity contribution in [1.82, 2.24) is 4.98 Å². The molecule has 0 unspecified atom stereocenters. The van der Waals surface area contributed by atoms with Gasteiger partial charge in [0.05, 0.1) is 17.7 Å². The van der Waals surface area contributed by atoms with E-state index >= 15 is 0 Å². The number of carbonyl (C=O) groups excluding carboxylic acids is 2. The van der Waals surface area contributed by atoms with Gasteiger partial charge in [0.15, 0.2) is 0 Å². The molecule has 3 rings (SSSR count). The summed E-state index contributed by atoms with van der Waals surface area (Å²) >= 11 is 0. The molecule has 2 aromatic rings. The Morgan fingerprint density at radius 3 is 2.86 bits per heavy atom. The number of nitrogens with zero attached hydrogens (tertiary/aromatic N) is 1. The van der Waals surface area contributed by atoms with Crippen LogP contribution < -0.4 is 0 Å². The van der Waals surface area contributed by atoms with Crippen molar-refractivity contribution in [2.24, 2.45) is 0 Å². The van der Waals surface area contributed by atoms with Crippen molar-refractivity contribution in [1.29, 1.82) is 0 Å². The Balaban J connectivity index is 2.06. The first-order valence-electron chi connectivity index (χ1n) is 7.37. The molecular weight excluding hydrogens is 282 g/mol. The van der Waals surface area contributed by atoms with Crippen LogP contribution in [-0.4, -0.2) is 29.6 Å². The molecule has 5 nitrogen and oxygen atoms in total. The van der Waals surface area contributed by atoms with E-state index in [1.54, 1.807) is 0 Å². The molecule has 1 atom stereocenters. The lowest BCUT2D eigenvalue weighted by atomic mass is 10.0. The second-order valence-corrected chi connectivity index (χ2v) is 5.28. The van der Waals surface area contributed by atoms with Gasteiger partial charge in [-0.1, -0.05) is 25.1 Å². The summed E-state index contributed by atoms with van der Waals surface area (Å²) in [7, 11) is 0. The van der Waals surface area contributed by atoms with Gasteiger partial charge in [0, 0.05) is 17.5 Å². The number of rotatable bonds is 3. The summed E-state index contributed by atoms with van der Waals surface area (Å²) in [5, 5.41) is 0.744. The van der Waals surface area contributed by atoms with E-state index in [0.717, 1.165) is 28.6 Å². The van der Waals surface area contributed by atoms with E-state index in [-0.39, 0.29) is 0 Å². The second kappa shape index (κ2) is 5.75. The summed E-state index contributed by atoms with van der Waals surface area (Å²) in [5.41, 5.74) is 2.91. The lowest BCUT2D eigenvalue weighted by Crippen LogP contribution is -2.23. The lowest BCUT2D eigenvalue weighted by Gasteiger charge is -2.14. The zero-order chi connectivity index (χ0) is 15.7. The number of aryl methyl sites for hydroxylation is 1. The molecular formula is C17H17NO4. The molecule has 0 saturated carbocycles. The Kier molecular flexibility index (Phi) is 3.79. The molecule has 1 saturated heterocycles. The van der Waals surface area contributed by atoms with E-state index in [1.165, 1.54) is 0 Å². The molecule has 1 aliphatic rings. The number of hydrogen-bond acceptors (Lipinski definition) is 5. The van der Waals surface area contributed by atoms with Gasteiger partial charge < -0.3 is 9.47 Å². The monoisotopic (exact) mass is 299 g/mol. The van der Waals surface area contributed by atoms with E-state index in [1.807, 2.05) is 38.1 Å². The third-order valence-corrected chi connectivity index (χ3v) is 3.91. The Bertz CT molecular complexity index is 754. The number of ether oxygens (including phenoxy) is 2. The van der Waals surface area contributed by atoms with Gasteiger partial charge in [-0.25, -0.2) is 9.59 Å². The highest BCUT2D eigenvalue weighted by molar-refractivity contribution is 6.05. The van der Waals surface area contributed by atoms with Crippen LogP contribution >= 0.6 is 0 Å². The van der Waals surface area contributed by atoms with Crippen LogP contribution in [0.1, 0.15) is 35.0 Å². The third kappa shape index (κ3) is 2.43. The number of benzene rings is 1. The number of fused-ring (bicyclic) bond motifs is 1. The summed E-state index contributed by atoms with van der Waals surface area (Å²) < 4.78 is 10.2. The van der Waals surface area contributed by atoms with Crippen LogP contribution in [0.25, 0.3) is 10.9 Å². The van der Waals surface area contributed by atoms with Gasteiger partial charge in [-0.15, -0.1) is 0 Å². The minimum atomic E-state index is -0.802. The van der Waals surface area contributed by atoms with Crippen molar-refractivity contribution in [3.63, 3.8) is 0 Å². The molecule has 1 aromatic heterocycles. The van der Waals surface area contributed by atoms with Crippen molar-refractivity contribution >= 4 is 22.8 Å². The van der Waals surface area contributed by atoms with Crippen LogP contribution in [0.4, 0.5) is 0 Å². The molecule has 1 aromatic carbocycles. The van der Waals surface area contributed by atoms with Crippen molar-refractivity contribution in [3.05, 3.63) is 41.1 Å². The van der Waals surface area contributed by atoms with E-state index in [0.29, 0.717) is 18.6 Å². The fourth-order valence-electron chi connectivity index (χ4n) is 2.74. The molecule has 0 radical (unpaired) electrons. The maximum Gasteiger partial charge on any atom is 0.347 e. The fraction of sp³-hybridized carbons (Fsp3) is 0.353. The summed E-state index contributed by atoms with van der Waals surface area (Å²) in [6, 6.07) is 7.45. The van der Waals surface area contributed by atoms with Crippen molar-refractivity contribution in [3.8, 4) is 0 Å². The average Bonchev–Trinajstić information content (AvgIpc) is 2.91. The Morgan fingerprint density at radius 2 is 2.18 bits per heavy atom. The van der Waals surface area contributed by atoms with Crippen LogP contribution in [-0.2, 0) is 20.7 Å². The quantitative estimate of drug-likeness (QED) is 0.815. The van der Waals surface area contributed by atoms with Crippen LogP contribution in [0.15, 0.2) is 24.3 Å². The zero-order valence-electron chi connectivity index (χ0n) is 12.6. The van der Waals surface area contributed by atoms with Gasteiger partial charge >= 0.3 is 11.9 Å². The summed E-state index contributed by atoms with van der Waals surface area (Å²) in [6.45, 7) is 4.16. The first-order valence-corrected chi connectivity index (χ1v) is 7.37. The number of aromatic nitrogens is 1. The van der Waals surface area contributed by atoms with E-state index in [4.69, 9.17) is 9.47 Å². The predicted molar refractivity (Wildman–Crippen MR) is 80.6 cm³/mol. The minimum Gasteiger partial charge on any atom is -0.463 e. The van der Waals surface area contributed by atoms with Crippen molar-refractivity contribution < 1.29 is 19.1 Å². The van der Waals surface area contributed by atoms with Gasteiger partial charge in [-0.2, -0.15) is 0 Å². The molecule has 1 aliphatic heterocycles. The van der Waals surface area contributed by atoms with Crippen LogP contribution in [0.5, 0.6) is 0 Å². The second-order valence-electron chi connectivity index (χ2n) is 5.28. The van der Waals surface area contributed by atoms with Gasteiger partial charge in [0.1, 0.15) is 0 Å². The van der Waals surface area contributed by atoms with Gasteiger partial charge in [0.25, 0.3) is 0 Å². The van der Waals surface area contributed by atoms with E-state index < -0.39 is 18.0 Å². The first kappa shape index (κ1) is 14.5. The van der Waals surface area contributed by atoms with Crippen LogP contribution in [0.3, 0.4) is 0 Å². The number of pyridine rings is 1. The molecule has 0 aliphatic carbocycles. The molecule has 0 spiro atoms. The molecule has 0 bridgehead atoms. The number of esters is 2. The molecule has 0 amide bonds. The van der Waals surface area contributed by atoms with Crippen molar-refractivity contribution in [2.75, 3.05) is 6.61 Å². The molecule has 22 heavy (non-hydrogen) atoms. The summed E-state index contributed by atoms with van der Waals surface area (Å²) in [4.78, 5) is 28.7. The van der Waals surface area contributed by atoms with Gasteiger partial charge in [0.2, 0.25) is 6.10 Å². The highest BCUT2D eigenvalue weighted by Gasteiger charge is 2.31. The SMILES string of the molecule is CCc1nc2ccccc2c(C(=O)O[C@H]2CCOC2=O)c1C. The molecule has 114 valence electrons. The van der Waals surface area contributed by atoms with Gasteiger partial charge in [-0.3, -0.25) is 4.98 Å². The smallest absolute Gasteiger partial charge is 0.347 e. The average molecular weight is 299 g/mol. The number of carbonyl (C=O) groups is 2. The summed E-state index contributed by atoms with van der Waals surface area (Å²) in [6.07, 6.45) is 0.333. The molecule has 5 heteroatoms. The Hall–Kier alpha value is -2.43. The van der Waals surface area contributed by atoms with E-state index in [2.05, 4.69) is 4.98 Å². The maximum absolute atomic E-state index is 12.6. The maximum atomic E-state index is 12.6. The normalized spacial score (nSPS) is 17.5. The minimum absolute atomic E-state index is 0.299. The highest BCUT2D eigenvalue weighted by atomic mass is 16.6. The molecule has 2 heterocycles. The number of hydrogen-bond donors (Lipinski definition) is 0. The highest BCUT2D eigenvalue weighted by Crippen LogP contribution is 2.25. The molecule has 0 N–H and O–H groups in total. The van der Waals surface area contributed by atoms with E-state index in [9.17, 15) is 9.59 Å². The first-order chi connectivity index (χ1) is 10.6. The van der Waals surface area contributed by atoms with Gasteiger partial charge in [-0.05, 0) is 25.0 Å².